The van der Waals surface area contributed by atoms with E-state index in [2.05, 4.69) is 25.8 Å². The molecule has 1 heterocycles. The van der Waals surface area contributed by atoms with E-state index in [-0.39, 0.29) is 11.2 Å². The van der Waals surface area contributed by atoms with Gasteiger partial charge in [0.05, 0.1) is 11.3 Å². The number of H-pyrrole nitrogens is 1. The Labute approximate surface area is 131 Å². The fourth-order valence-corrected chi connectivity index (χ4v) is 2.82. The average molecular weight is 291 g/mol. The van der Waals surface area contributed by atoms with Gasteiger partial charge in [-0.2, -0.15) is 0 Å². The van der Waals surface area contributed by atoms with Crippen molar-refractivity contribution in [2.75, 3.05) is 0 Å². The molecule has 1 aromatic heterocycles. The van der Waals surface area contributed by atoms with E-state index in [4.69, 9.17) is 0 Å². The van der Waals surface area contributed by atoms with Gasteiger partial charge in [-0.3, -0.25) is 4.79 Å². The van der Waals surface area contributed by atoms with Crippen LogP contribution in [0, 0.1) is 5.41 Å². The van der Waals surface area contributed by atoms with Crippen LogP contribution in [0.2, 0.25) is 0 Å². The van der Waals surface area contributed by atoms with Gasteiger partial charge >= 0.3 is 0 Å². The minimum atomic E-state index is -0.0244. The molecule has 1 N–H and O–H groups in total. The van der Waals surface area contributed by atoms with Gasteiger partial charge in [0.25, 0.3) is 0 Å². The number of rotatable bonds is 3. The molecule has 0 aliphatic heterocycles. The summed E-state index contributed by atoms with van der Waals surface area (Å²) in [5, 5.41) is 1.01. The summed E-state index contributed by atoms with van der Waals surface area (Å²) < 4.78 is 0. The van der Waals surface area contributed by atoms with Crippen LogP contribution in [0.4, 0.5) is 0 Å². The number of nitrogens with one attached hydrogen (secondary N) is 1. The smallest absolute Gasteiger partial charge is 0.166 e. The van der Waals surface area contributed by atoms with Crippen LogP contribution in [0.15, 0.2) is 54.6 Å². The van der Waals surface area contributed by atoms with Crippen molar-refractivity contribution in [3.63, 3.8) is 0 Å². The predicted molar refractivity (Wildman–Crippen MR) is 92.1 cm³/mol. The molecule has 0 fully saturated rings. The van der Waals surface area contributed by atoms with Crippen molar-refractivity contribution in [3.8, 4) is 11.3 Å². The zero-order chi connectivity index (χ0) is 15.7. The maximum absolute atomic E-state index is 12.9. The summed E-state index contributed by atoms with van der Waals surface area (Å²) in [7, 11) is 0. The lowest BCUT2D eigenvalue weighted by molar-refractivity contribution is 0.0942. The SMILES string of the molecule is CC(C)(C)CC(=O)c1c(-c2ccccc2)[nH]c2ccccc12. The van der Waals surface area contributed by atoms with Crippen molar-refractivity contribution >= 4 is 16.7 Å². The molecule has 2 nitrogen and oxygen atoms in total. The highest BCUT2D eigenvalue weighted by Crippen LogP contribution is 2.33. The second-order valence-corrected chi connectivity index (χ2v) is 6.95. The Morgan fingerprint density at radius 2 is 1.59 bits per heavy atom. The monoisotopic (exact) mass is 291 g/mol. The number of benzene rings is 2. The van der Waals surface area contributed by atoms with Crippen molar-refractivity contribution < 1.29 is 4.79 Å². The molecular formula is C20H21NO. The Kier molecular flexibility index (Phi) is 3.61. The van der Waals surface area contributed by atoms with Gasteiger partial charge in [0, 0.05) is 17.3 Å². The van der Waals surface area contributed by atoms with Crippen LogP contribution in [-0.4, -0.2) is 10.8 Å². The van der Waals surface area contributed by atoms with E-state index < -0.39 is 0 Å². The molecule has 0 amide bonds. The molecule has 0 spiro atoms. The van der Waals surface area contributed by atoms with Gasteiger partial charge in [0.15, 0.2) is 5.78 Å². The summed E-state index contributed by atoms with van der Waals surface area (Å²) in [5.74, 6) is 0.198. The van der Waals surface area contributed by atoms with Gasteiger partial charge in [-0.15, -0.1) is 0 Å². The van der Waals surface area contributed by atoms with Crippen molar-refractivity contribution in [3.05, 3.63) is 60.2 Å². The summed E-state index contributed by atoms with van der Waals surface area (Å²) in [6, 6.07) is 18.1. The number of aromatic nitrogens is 1. The van der Waals surface area contributed by atoms with E-state index >= 15 is 0 Å². The molecule has 0 unspecified atom stereocenters. The van der Waals surface area contributed by atoms with Gasteiger partial charge in [-0.05, 0) is 17.0 Å². The normalized spacial score (nSPS) is 11.8. The predicted octanol–water partition coefficient (Wildman–Crippen LogP) is 5.45. The first kappa shape index (κ1) is 14.6. The third kappa shape index (κ3) is 2.82. The van der Waals surface area contributed by atoms with Crippen LogP contribution in [0.25, 0.3) is 22.2 Å². The van der Waals surface area contributed by atoms with Crippen molar-refractivity contribution in [2.24, 2.45) is 5.41 Å². The molecule has 0 saturated heterocycles. The number of aromatic amines is 1. The summed E-state index contributed by atoms with van der Waals surface area (Å²) in [5.41, 5.74) is 3.78. The lowest BCUT2D eigenvalue weighted by Gasteiger charge is -2.17. The molecule has 0 aliphatic rings. The quantitative estimate of drug-likeness (QED) is 0.639. The fourth-order valence-electron chi connectivity index (χ4n) is 2.82. The van der Waals surface area contributed by atoms with E-state index in [1.807, 2.05) is 54.6 Å². The highest BCUT2D eigenvalue weighted by atomic mass is 16.1. The van der Waals surface area contributed by atoms with E-state index in [1.165, 1.54) is 0 Å². The number of ketones is 1. The Bertz CT molecular complexity index is 807. The molecule has 2 heteroatoms. The van der Waals surface area contributed by atoms with Crippen molar-refractivity contribution in [2.45, 2.75) is 27.2 Å². The highest BCUT2D eigenvalue weighted by Gasteiger charge is 2.23. The van der Waals surface area contributed by atoms with E-state index in [9.17, 15) is 4.79 Å². The number of hydrogen-bond donors (Lipinski definition) is 1. The maximum Gasteiger partial charge on any atom is 0.166 e. The minimum Gasteiger partial charge on any atom is -0.354 e. The number of fused-ring (bicyclic) bond motifs is 1. The van der Waals surface area contributed by atoms with E-state index in [1.54, 1.807) is 0 Å². The Morgan fingerprint density at radius 3 is 2.27 bits per heavy atom. The third-order valence-electron chi connectivity index (χ3n) is 3.74. The molecular weight excluding hydrogens is 270 g/mol. The average Bonchev–Trinajstić information content (AvgIpc) is 2.86. The zero-order valence-corrected chi connectivity index (χ0v) is 13.3. The van der Waals surface area contributed by atoms with Crippen LogP contribution in [0.3, 0.4) is 0 Å². The Hall–Kier alpha value is -2.35. The molecule has 0 bridgehead atoms. The van der Waals surface area contributed by atoms with Gasteiger partial charge in [0.1, 0.15) is 0 Å². The van der Waals surface area contributed by atoms with Crippen molar-refractivity contribution in [1.82, 2.24) is 4.98 Å². The molecule has 0 radical (unpaired) electrons. The first-order valence-electron chi connectivity index (χ1n) is 7.65. The second kappa shape index (κ2) is 5.45. The number of carbonyl (C=O) groups excluding carboxylic acids is 1. The Balaban J connectivity index is 2.20. The van der Waals surface area contributed by atoms with Gasteiger partial charge in [0.2, 0.25) is 0 Å². The summed E-state index contributed by atoms with van der Waals surface area (Å²) >= 11 is 0. The van der Waals surface area contributed by atoms with Crippen LogP contribution in [0.5, 0.6) is 0 Å². The van der Waals surface area contributed by atoms with Gasteiger partial charge in [-0.25, -0.2) is 0 Å². The molecule has 2 aromatic carbocycles. The third-order valence-corrected chi connectivity index (χ3v) is 3.74. The first-order valence-corrected chi connectivity index (χ1v) is 7.65. The van der Waals surface area contributed by atoms with Crippen molar-refractivity contribution in [1.29, 1.82) is 0 Å². The number of para-hydroxylation sites is 1. The number of carbonyl (C=O) groups is 1. The van der Waals surface area contributed by atoms with Gasteiger partial charge in [-0.1, -0.05) is 69.3 Å². The summed E-state index contributed by atoms with van der Waals surface area (Å²) in [6.45, 7) is 6.30. The van der Waals surface area contributed by atoms with E-state index in [0.717, 1.165) is 27.7 Å². The van der Waals surface area contributed by atoms with Crippen LogP contribution in [0.1, 0.15) is 37.6 Å². The molecule has 3 aromatic rings. The lowest BCUT2D eigenvalue weighted by Crippen LogP contribution is -2.13. The van der Waals surface area contributed by atoms with Crippen LogP contribution >= 0.6 is 0 Å². The topological polar surface area (TPSA) is 32.9 Å². The molecule has 112 valence electrons. The largest absolute Gasteiger partial charge is 0.354 e. The molecule has 3 rings (SSSR count). The zero-order valence-electron chi connectivity index (χ0n) is 13.3. The molecule has 22 heavy (non-hydrogen) atoms. The number of hydrogen-bond acceptors (Lipinski definition) is 1. The van der Waals surface area contributed by atoms with Gasteiger partial charge < -0.3 is 4.98 Å². The van der Waals surface area contributed by atoms with Crippen LogP contribution in [-0.2, 0) is 0 Å². The molecule has 0 aliphatic carbocycles. The maximum atomic E-state index is 12.9. The van der Waals surface area contributed by atoms with E-state index in [0.29, 0.717) is 6.42 Å². The first-order chi connectivity index (χ1) is 10.5. The lowest BCUT2D eigenvalue weighted by atomic mass is 9.86. The molecule has 0 saturated carbocycles. The highest BCUT2D eigenvalue weighted by molar-refractivity contribution is 6.13. The fraction of sp³-hybridized carbons (Fsp3) is 0.250. The summed E-state index contributed by atoms with van der Waals surface area (Å²) in [6.07, 6.45) is 0.536. The molecule has 0 atom stereocenters. The second-order valence-electron chi connectivity index (χ2n) is 6.95. The Morgan fingerprint density at radius 1 is 0.955 bits per heavy atom. The number of Topliss-reactive ketones (excluding diaryl/α,β-unsaturated/α-hetero) is 1. The minimum absolute atomic E-state index is 0.0244. The summed E-state index contributed by atoms with van der Waals surface area (Å²) in [4.78, 5) is 16.3. The standard InChI is InChI=1S/C20H21NO/c1-20(2,3)13-17(22)18-15-11-7-8-12-16(15)21-19(18)14-9-5-4-6-10-14/h4-12,21H,13H2,1-3H3. The van der Waals surface area contributed by atoms with Crippen LogP contribution < -0.4 is 0 Å².